The molecule has 1 aromatic heterocycles. The molecule has 0 unspecified atom stereocenters. The van der Waals surface area contributed by atoms with E-state index in [0.717, 1.165) is 16.3 Å². The summed E-state index contributed by atoms with van der Waals surface area (Å²) in [5, 5.41) is 0. The first-order valence-electron chi connectivity index (χ1n) is 11.5. The Hall–Kier alpha value is -4.46. The van der Waals surface area contributed by atoms with E-state index in [1.54, 1.807) is 36.4 Å². The minimum Gasteiger partial charge on any atom is -0.494 e. The molecule has 0 aliphatic carbocycles. The molecule has 0 fully saturated rings. The van der Waals surface area contributed by atoms with Gasteiger partial charge in [0.15, 0.2) is 6.61 Å². The molecule has 8 heteroatoms. The molecule has 184 valence electrons. The maximum Gasteiger partial charge on any atom is 0.338 e. The van der Waals surface area contributed by atoms with E-state index in [2.05, 4.69) is 6.58 Å². The topological polar surface area (TPSA) is 94.9 Å². The molecule has 1 aliphatic rings. The van der Waals surface area contributed by atoms with Gasteiger partial charge < -0.3 is 14.0 Å². The summed E-state index contributed by atoms with van der Waals surface area (Å²) in [4.78, 5) is 52.3. The number of ketones is 1. The van der Waals surface area contributed by atoms with Crippen molar-refractivity contribution in [2.75, 3.05) is 18.1 Å². The summed E-state index contributed by atoms with van der Waals surface area (Å²) in [5.41, 5.74) is 2.91. The Morgan fingerprint density at radius 2 is 1.67 bits per heavy atom. The number of anilines is 1. The third kappa shape index (κ3) is 4.45. The number of aromatic nitrogens is 1. The molecule has 2 aromatic carbocycles. The number of amides is 2. The predicted octanol–water partition coefficient (Wildman–Crippen LogP) is 4.53. The molecule has 0 saturated heterocycles. The predicted molar refractivity (Wildman–Crippen MR) is 134 cm³/mol. The normalized spacial score (nSPS) is 12.5. The van der Waals surface area contributed by atoms with Crippen LogP contribution in [0.1, 0.15) is 59.7 Å². The second kappa shape index (κ2) is 10.0. The third-order valence-electron chi connectivity index (χ3n) is 6.05. The Morgan fingerprint density at radius 1 is 0.972 bits per heavy atom. The second-order valence-corrected chi connectivity index (χ2v) is 8.32. The Morgan fingerprint density at radius 3 is 2.33 bits per heavy atom. The number of allylic oxidation sites excluding steroid dienone is 1. The molecule has 1 aliphatic heterocycles. The standard InChI is InChI=1S/C28H26N2O6/c1-5-13-29-17(3)14-23(18(29)4)25(31)16-36-28(34)19-7-12-22-24(15-19)27(33)30(26(22)32)20-8-10-21(11-9-20)35-6-2/h5,7-12,14-15H,1,6,13,16H2,2-4H3. The van der Waals surface area contributed by atoms with Crippen LogP contribution < -0.4 is 9.64 Å². The van der Waals surface area contributed by atoms with E-state index in [1.807, 2.05) is 25.3 Å². The largest absolute Gasteiger partial charge is 0.494 e. The lowest BCUT2D eigenvalue weighted by Gasteiger charge is -2.14. The number of ether oxygens (including phenoxy) is 2. The highest BCUT2D eigenvalue weighted by Crippen LogP contribution is 2.30. The molecule has 2 heterocycles. The van der Waals surface area contributed by atoms with E-state index in [4.69, 9.17) is 9.47 Å². The average molecular weight is 487 g/mol. The molecular formula is C28H26N2O6. The molecule has 0 radical (unpaired) electrons. The van der Waals surface area contributed by atoms with Gasteiger partial charge in [0, 0.05) is 23.5 Å². The van der Waals surface area contributed by atoms with E-state index in [1.165, 1.54) is 18.2 Å². The Bertz CT molecular complexity index is 1380. The number of rotatable bonds is 9. The number of fused-ring (bicyclic) bond motifs is 1. The minimum atomic E-state index is -0.759. The van der Waals surface area contributed by atoms with Gasteiger partial charge in [-0.1, -0.05) is 6.08 Å². The Balaban J connectivity index is 1.48. The average Bonchev–Trinajstić information content (AvgIpc) is 3.30. The fraction of sp³-hybridized carbons (Fsp3) is 0.214. The van der Waals surface area contributed by atoms with Crippen LogP contribution in [0.4, 0.5) is 5.69 Å². The zero-order valence-electron chi connectivity index (χ0n) is 20.4. The van der Waals surface area contributed by atoms with Gasteiger partial charge in [0.1, 0.15) is 5.75 Å². The lowest BCUT2D eigenvalue weighted by Crippen LogP contribution is -2.29. The van der Waals surface area contributed by atoms with Gasteiger partial charge in [0.2, 0.25) is 5.78 Å². The fourth-order valence-corrected chi connectivity index (χ4v) is 4.25. The third-order valence-corrected chi connectivity index (χ3v) is 6.05. The SMILES string of the molecule is C=CCn1c(C)cc(C(=O)COC(=O)c2ccc3c(c2)C(=O)N(c2ccc(OCC)cc2)C3=O)c1C. The van der Waals surface area contributed by atoms with E-state index in [9.17, 15) is 19.2 Å². The maximum absolute atomic E-state index is 13.0. The molecule has 0 saturated carbocycles. The molecule has 0 N–H and O–H groups in total. The lowest BCUT2D eigenvalue weighted by atomic mass is 10.1. The summed E-state index contributed by atoms with van der Waals surface area (Å²) in [6, 6.07) is 12.5. The molecule has 36 heavy (non-hydrogen) atoms. The number of carbonyl (C=O) groups is 4. The quantitative estimate of drug-likeness (QED) is 0.191. The molecule has 0 atom stereocenters. The summed E-state index contributed by atoms with van der Waals surface area (Å²) in [6.45, 7) is 9.92. The van der Waals surface area contributed by atoms with Crippen molar-refractivity contribution in [1.29, 1.82) is 0 Å². The zero-order chi connectivity index (χ0) is 26.0. The highest BCUT2D eigenvalue weighted by molar-refractivity contribution is 6.34. The highest BCUT2D eigenvalue weighted by Gasteiger charge is 2.37. The molecule has 2 amide bonds. The van der Waals surface area contributed by atoms with Crippen LogP contribution in [-0.2, 0) is 11.3 Å². The summed E-state index contributed by atoms with van der Waals surface area (Å²) >= 11 is 0. The number of nitrogens with zero attached hydrogens (tertiary/aromatic N) is 2. The van der Waals surface area contributed by atoms with Crippen molar-refractivity contribution >= 4 is 29.3 Å². The summed E-state index contributed by atoms with van der Waals surface area (Å²) in [5.74, 6) is -1.49. The summed E-state index contributed by atoms with van der Waals surface area (Å²) < 4.78 is 12.6. The van der Waals surface area contributed by atoms with Crippen molar-refractivity contribution in [3.63, 3.8) is 0 Å². The van der Waals surface area contributed by atoms with Crippen molar-refractivity contribution in [3.8, 4) is 5.75 Å². The van der Waals surface area contributed by atoms with Gasteiger partial charge in [-0.05, 0) is 69.3 Å². The lowest BCUT2D eigenvalue weighted by molar-refractivity contribution is 0.0474. The van der Waals surface area contributed by atoms with Crippen LogP contribution in [0.15, 0.2) is 61.2 Å². The summed E-state index contributed by atoms with van der Waals surface area (Å²) in [7, 11) is 0. The number of Topliss-reactive ketones (excluding diaryl/α,β-unsaturated/α-hetero) is 1. The molecule has 0 bridgehead atoms. The first-order valence-corrected chi connectivity index (χ1v) is 11.5. The van der Waals surface area contributed by atoms with Crippen molar-refractivity contribution in [3.05, 3.63) is 94.8 Å². The van der Waals surface area contributed by atoms with Gasteiger partial charge >= 0.3 is 5.97 Å². The van der Waals surface area contributed by atoms with Crippen molar-refractivity contribution in [2.24, 2.45) is 0 Å². The molecule has 3 aromatic rings. The number of hydrogen-bond donors (Lipinski definition) is 0. The monoisotopic (exact) mass is 486 g/mol. The van der Waals surface area contributed by atoms with Crippen LogP contribution in [0.2, 0.25) is 0 Å². The van der Waals surface area contributed by atoms with Crippen LogP contribution in [0, 0.1) is 13.8 Å². The van der Waals surface area contributed by atoms with Crippen LogP contribution in [0.3, 0.4) is 0 Å². The van der Waals surface area contributed by atoms with E-state index >= 15 is 0 Å². The van der Waals surface area contributed by atoms with E-state index in [-0.39, 0.29) is 22.5 Å². The van der Waals surface area contributed by atoms with Crippen molar-refractivity contribution < 1.29 is 28.7 Å². The highest BCUT2D eigenvalue weighted by atomic mass is 16.5. The Labute approximate surface area is 208 Å². The Kier molecular flexibility index (Phi) is 6.87. The van der Waals surface area contributed by atoms with Gasteiger partial charge in [-0.2, -0.15) is 0 Å². The van der Waals surface area contributed by atoms with Gasteiger partial charge in [0.05, 0.1) is 29.0 Å². The van der Waals surface area contributed by atoms with Gasteiger partial charge in [0.25, 0.3) is 11.8 Å². The van der Waals surface area contributed by atoms with E-state index < -0.39 is 24.4 Å². The van der Waals surface area contributed by atoms with Crippen molar-refractivity contribution in [2.45, 2.75) is 27.3 Å². The number of esters is 1. The minimum absolute atomic E-state index is 0.0772. The number of carbonyl (C=O) groups excluding carboxylic acids is 4. The molecule has 8 nitrogen and oxygen atoms in total. The van der Waals surface area contributed by atoms with Crippen LogP contribution in [0.5, 0.6) is 5.75 Å². The van der Waals surface area contributed by atoms with Crippen LogP contribution in [-0.4, -0.2) is 41.3 Å². The number of imide groups is 1. The molecular weight excluding hydrogens is 460 g/mol. The number of benzene rings is 2. The van der Waals surface area contributed by atoms with Crippen LogP contribution in [0.25, 0.3) is 0 Å². The van der Waals surface area contributed by atoms with E-state index in [0.29, 0.717) is 30.2 Å². The first kappa shape index (κ1) is 24.7. The maximum atomic E-state index is 13.0. The number of aryl methyl sites for hydroxylation is 1. The van der Waals surface area contributed by atoms with Crippen molar-refractivity contribution in [1.82, 2.24) is 4.57 Å². The van der Waals surface area contributed by atoms with Gasteiger partial charge in [-0.3, -0.25) is 14.4 Å². The van der Waals surface area contributed by atoms with Gasteiger partial charge in [-0.15, -0.1) is 6.58 Å². The van der Waals surface area contributed by atoms with Gasteiger partial charge in [-0.25, -0.2) is 9.69 Å². The first-order chi connectivity index (χ1) is 17.3. The van der Waals surface area contributed by atoms with Crippen LogP contribution >= 0.6 is 0 Å². The molecule has 4 rings (SSSR count). The smallest absolute Gasteiger partial charge is 0.338 e. The summed E-state index contributed by atoms with van der Waals surface area (Å²) in [6.07, 6.45) is 1.74. The number of hydrogen-bond acceptors (Lipinski definition) is 6. The zero-order valence-corrected chi connectivity index (χ0v) is 20.4. The molecule has 0 spiro atoms. The fourth-order valence-electron chi connectivity index (χ4n) is 4.25. The second-order valence-electron chi connectivity index (χ2n) is 8.32.